The van der Waals surface area contributed by atoms with Gasteiger partial charge in [0.1, 0.15) is 5.84 Å². The van der Waals surface area contributed by atoms with Crippen molar-refractivity contribution in [3.63, 3.8) is 0 Å². The molecule has 0 aromatic heterocycles. The van der Waals surface area contributed by atoms with Gasteiger partial charge in [0.15, 0.2) is 0 Å². The van der Waals surface area contributed by atoms with Gasteiger partial charge in [0, 0.05) is 12.1 Å². The lowest BCUT2D eigenvalue weighted by atomic mass is 9.97. The molecule has 7 heteroatoms. The zero-order chi connectivity index (χ0) is 21.1. The molecule has 2 rings (SSSR count). The van der Waals surface area contributed by atoms with Crippen LogP contribution in [0.4, 0.5) is 0 Å². The van der Waals surface area contributed by atoms with E-state index in [0.29, 0.717) is 6.54 Å². The first-order chi connectivity index (χ1) is 13.9. The highest BCUT2D eigenvalue weighted by molar-refractivity contribution is 7.88. The Bertz CT molecular complexity index is 880. The minimum atomic E-state index is -3.05. The van der Waals surface area contributed by atoms with Crippen LogP contribution in [0.2, 0.25) is 0 Å². The fourth-order valence-corrected chi connectivity index (χ4v) is 3.82. The van der Waals surface area contributed by atoms with Gasteiger partial charge in [-0.3, -0.25) is 5.41 Å². The van der Waals surface area contributed by atoms with Crippen molar-refractivity contribution in [2.75, 3.05) is 12.8 Å². The summed E-state index contributed by atoms with van der Waals surface area (Å²) >= 11 is 0. The van der Waals surface area contributed by atoms with Crippen molar-refractivity contribution in [2.24, 2.45) is 5.84 Å². The van der Waals surface area contributed by atoms with Gasteiger partial charge < -0.3 is 5.43 Å². The molecule has 0 radical (unpaired) electrons. The van der Waals surface area contributed by atoms with Gasteiger partial charge in [-0.05, 0) is 36.0 Å². The fourth-order valence-electron chi connectivity index (χ4n) is 3.30. The van der Waals surface area contributed by atoms with Crippen molar-refractivity contribution in [3.05, 3.63) is 59.7 Å². The highest BCUT2D eigenvalue weighted by Gasteiger charge is 2.08. The zero-order valence-electron chi connectivity index (χ0n) is 17.1. The second-order valence-corrected chi connectivity index (χ2v) is 9.13. The molecular formula is C22H32N4O2S. The molecule has 0 saturated carbocycles. The average Bonchev–Trinajstić information content (AvgIpc) is 2.71. The van der Waals surface area contributed by atoms with Gasteiger partial charge in [0.25, 0.3) is 0 Å². The van der Waals surface area contributed by atoms with Gasteiger partial charge >= 0.3 is 0 Å². The molecule has 0 aliphatic heterocycles. The van der Waals surface area contributed by atoms with E-state index in [0.717, 1.165) is 48.8 Å². The van der Waals surface area contributed by atoms with Gasteiger partial charge in [0.2, 0.25) is 10.0 Å². The predicted octanol–water partition coefficient (Wildman–Crippen LogP) is 3.57. The SMILES string of the molecule is CS(=O)(=O)NCCCCCCCCc1ccc(-c2ccccc2C(=N)NN)cc1. The Hall–Kier alpha value is -2.22. The smallest absolute Gasteiger partial charge is 0.208 e. The van der Waals surface area contributed by atoms with Crippen molar-refractivity contribution >= 4 is 15.9 Å². The lowest BCUT2D eigenvalue weighted by Gasteiger charge is -2.11. The van der Waals surface area contributed by atoms with Gasteiger partial charge in [-0.1, -0.05) is 74.2 Å². The summed E-state index contributed by atoms with van der Waals surface area (Å²) in [6.45, 7) is 0.537. The summed E-state index contributed by atoms with van der Waals surface area (Å²) in [5, 5.41) is 7.96. The number of benzene rings is 2. The molecule has 5 N–H and O–H groups in total. The number of hydrazine groups is 1. The highest BCUT2D eigenvalue weighted by Crippen LogP contribution is 2.24. The molecule has 0 fully saturated rings. The van der Waals surface area contributed by atoms with Crippen molar-refractivity contribution in [1.82, 2.24) is 10.1 Å². The normalized spacial score (nSPS) is 11.4. The third kappa shape index (κ3) is 8.35. The molecule has 0 aliphatic rings. The maximum atomic E-state index is 11.0. The largest absolute Gasteiger partial charge is 0.308 e. The first-order valence-corrected chi connectivity index (χ1v) is 12.0. The Balaban J connectivity index is 1.72. The first-order valence-electron chi connectivity index (χ1n) is 10.1. The second-order valence-electron chi connectivity index (χ2n) is 7.30. The molecule has 0 saturated heterocycles. The second kappa shape index (κ2) is 11.7. The number of aryl methyl sites for hydroxylation is 1. The van der Waals surface area contributed by atoms with Crippen LogP contribution in [0, 0.1) is 5.41 Å². The van der Waals surface area contributed by atoms with Crippen LogP contribution in [-0.4, -0.2) is 27.1 Å². The van der Waals surface area contributed by atoms with Gasteiger partial charge in [-0.15, -0.1) is 0 Å². The van der Waals surface area contributed by atoms with Gasteiger partial charge in [-0.25, -0.2) is 19.0 Å². The number of unbranched alkanes of at least 4 members (excludes halogenated alkanes) is 5. The van der Waals surface area contributed by atoms with Gasteiger partial charge in [0.05, 0.1) is 6.26 Å². The summed E-state index contributed by atoms with van der Waals surface area (Å²) in [5.41, 5.74) is 6.59. The Labute approximate surface area is 174 Å². The van der Waals surface area contributed by atoms with E-state index >= 15 is 0 Å². The highest BCUT2D eigenvalue weighted by atomic mass is 32.2. The van der Waals surface area contributed by atoms with Crippen molar-refractivity contribution in [2.45, 2.75) is 44.9 Å². The monoisotopic (exact) mass is 416 g/mol. The zero-order valence-corrected chi connectivity index (χ0v) is 17.9. The summed E-state index contributed by atoms with van der Waals surface area (Å²) in [4.78, 5) is 0. The molecule has 0 bridgehead atoms. The summed E-state index contributed by atoms with van der Waals surface area (Å²) in [6, 6.07) is 16.3. The van der Waals surface area contributed by atoms with E-state index in [-0.39, 0.29) is 5.84 Å². The lowest BCUT2D eigenvalue weighted by Crippen LogP contribution is -2.30. The van der Waals surface area contributed by atoms with E-state index in [9.17, 15) is 8.42 Å². The van der Waals surface area contributed by atoms with E-state index in [4.69, 9.17) is 11.3 Å². The number of sulfonamides is 1. The molecule has 0 heterocycles. The van der Waals surface area contributed by atoms with Crippen LogP contribution in [0.25, 0.3) is 11.1 Å². The van der Waals surface area contributed by atoms with E-state index in [1.165, 1.54) is 24.7 Å². The number of hydrogen-bond donors (Lipinski definition) is 4. The molecule has 0 amide bonds. The van der Waals surface area contributed by atoms with Crippen molar-refractivity contribution in [3.8, 4) is 11.1 Å². The predicted molar refractivity (Wildman–Crippen MR) is 120 cm³/mol. The minimum absolute atomic E-state index is 0.205. The van der Waals surface area contributed by atoms with Crippen LogP contribution in [-0.2, 0) is 16.4 Å². The quantitative estimate of drug-likeness (QED) is 0.139. The van der Waals surface area contributed by atoms with Crippen molar-refractivity contribution < 1.29 is 8.42 Å². The molecule has 2 aromatic carbocycles. The summed E-state index contributed by atoms with van der Waals surface area (Å²) in [6.07, 6.45) is 8.86. The summed E-state index contributed by atoms with van der Waals surface area (Å²) < 4.78 is 24.5. The average molecular weight is 417 g/mol. The van der Waals surface area contributed by atoms with Crippen LogP contribution in [0.15, 0.2) is 48.5 Å². The lowest BCUT2D eigenvalue weighted by molar-refractivity contribution is 0.569. The van der Waals surface area contributed by atoms with Crippen LogP contribution in [0.1, 0.15) is 49.7 Å². The maximum absolute atomic E-state index is 11.0. The molecule has 0 aliphatic carbocycles. The third-order valence-corrected chi connectivity index (χ3v) is 5.59. The molecule has 2 aromatic rings. The van der Waals surface area contributed by atoms with Crippen molar-refractivity contribution in [1.29, 1.82) is 5.41 Å². The van der Waals surface area contributed by atoms with Crippen LogP contribution >= 0.6 is 0 Å². The standard InChI is InChI=1S/C22H32N4O2S/c1-29(27,28)25-17-9-5-3-2-4-6-10-18-13-15-19(16-14-18)20-11-7-8-12-21(20)22(23)26-24/h7-8,11-16,25H,2-6,9-10,17,24H2,1H3,(H2,23,26). The third-order valence-electron chi connectivity index (χ3n) is 4.86. The Morgan fingerprint density at radius 2 is 1.55 bits per heavy atom. The number of hydrogen-bond acceptors (Lipinski definition) is 4. The Kier molecular flexibility index (Phi) is 9.31. The Morgan fingerprint density at radius 1 is 0.931 bits per heavy atom. The number of nitrogens with one attached hydrogen (secondary N) is 3. The molecular weight excluding hydrogens is 384 g/mol. The topological polar surface area (TPSA) is 108 Å². The number of amidine groups is 1. The molecule has 0 atom stereocenters. The van der Waals surface area contributed by atoms with Crippen LogP contribution in [0.5, 0.6) is 0 Å². The van der Waals surface area contributed by atoms with E-state index < -0.39 is 10.0 Å². The molecule has 6 nitrogen and oxygen atoms in total. The molecule has 0 unspecified atom stereocenters. The van der Waals surface area contributed by atoms with E-state index in [2.05, 4.69) is 34.4 Å². The molecule has 158 valence electrons. The number of nitrogens with two attached hydrogens (primary N) is 1. The van der Waals surface area contributed by atoms with E-state index in [1.54, 1.807) is 0 Å². The summed E-state index contributed by atoms with van der Waals surface area (Å²) in [7, 11) is -3.05. The van der Waals surface area contributed by atoms with Gasteiger partial charge in [-0.2, -0.15) is 0 Å². The summed E-state index contributed by atoms with van der Waals surface area (Å²) in [5.74, 6) is 5.61. The maximum Gasteiger partial charge on any atom is 0.208 e. The van der Waals surface area contributed by atoms with Crippen LogP contribution < -0.4 is 16.0 Å². The molecule has 29 heavy (non-hydrogen) atoms. The first kappa shape index (κ1) is 23.1. The minimum Gasteiger partial charge on any atom is -0.308 e. The number of rotatable bonds is 12. The molecule has 0 spiro atoms. The van der Waals surface area contributed by atoms with E-state index in [1.807, 2.05) is 24.3 Å². The Morgan fingerprint density at radius 3 is 2.21 bits per heavy atom. The van der Waals surface area contributed by atoms with Crippen LogP contribution in [0.3, 0.4) is 0 Å². The fraction of sp³-hybridized carbons (Fsp3) is 0.409.